The van der Waals surface area contributed by atoms with Crippen LogP contribution >= 0.6 is 0 Å². The number of pyridine rings is 1. The molecule has 0 spiro atoms. The van der Waals surface area contributed by atoms with Crippen molar-refractivity contribution in [3.05, 3.63) is 242 Å². The Kier molecular flexibility index (Phi) is 7.92. The van der Waals surface area contributed by atoms with Gasteiger partial charge in [-0.3, -0.25) is 4.57 Å². The second-order valence-electron chi connectivity index (χ2n) is 20.2. The molecule has 11 aromatic carbocycles. The van der Waals surface area contributed by atoms with E-state index in [4.69, 9.17) is 4.98 Å². The Morgan fingerprint density at radius 1 is 0.333 bits per heavy atom. The van der Waals surface area contributed by atoms with Crippen molar-refractivity contribution in [1.29, 1.82) is 0 Å². The van der Waals surface area contributed by atoms with E-state index in [2.05, 4.69) is 252 Å². The van der Waals surface area contributed by atoms with E-state index >= 15 is 0 Å². The third-order valence-corrected chi connectivity index (χ3v) is 16.2. The van der Waals surface area contributed by atoms with Gasteiger partial charge in [0.05, 0.1) is 27.6 Å². The first-order chi connectivity index (χ1) is 35.5. The van der Waals surface area contributed by atoms with Gasteiger partial charge in [0.2, 0.25) is 0 Å². The minimum Gasteiger partial charge on any atom is -0.309 e. The summed E-state index contributed by atoms with van der Waals surface area (Å²) in [6, 6.07) is 83.3. The zero-order chi connectivity index (χ0) is 47.4. The molecule has 4 nitrogen and oxygen atoms in total. The Hall–Kier alpha value is -9.25. The van der Waals surface area contributed by atoms with Crippen LogP contribution in [-0.2, 0) is 5.41 Å². The number of benzene rings is 11. The van der Waals surface area contributed by atoms with Gasteiger partial charge in [0.15, 0.2) is 0 Å². The molecule has 1 aliphatic rings. The summed E-state index contributed by atoms with van der Waals surface area (Å²) < 4.78 is 7.31. The fourth-order valence-corrected chi connectivity index (χ4v) is 13.2. The number of para-hydroxylation sites is 3. The number of hydrogen-bond donors (Lipinski definition) is 0. The molecule has 0 N–H and O–H groups in total. The van der Waals surface area contributed by atoms with Gasteiger partial charge in [-0.1, -0.05) is 147 Å². The molecule has 16 rings (SSSR count). The lowest BCUT2D eigenvalue weighted by molar-refractivity contribution is 0.665. The molecule has 4 heterocycles. The van der Waals surface area contributed by atoms with Crippen LogP contribution in [0.25, 0.3) is 137 Å². The highest BCUT2D eigenvalue weighted by Crippen LogP contribution is 2.55. The Morgan fingerprint density at radius 2 is 0.917 bits per heavy atom. The number of rotatable bonds is 4. The van der Waals surface area contributed by atoms with Crippen molar-refractivity contribution < 1.29 is 0 Å². The topological polar surface area (TPSA) is 27.7 Å². The standard InChI is InChI=1S/C68H44N4/c1-68(2)59-40-55-49-24-12-10-22-47(49)46-21-9-11-23-48(46)54(55)39-56(59)51-32-33-52-57-37-41(45-26-15-29-63-64(45)53-27-16-36-69-67(53)72(63)43-19-7-4-8-20-43)30-34-62(57)71(66(52)65(51)68)44-31-35-61-58(38-44)50-25-13-14-28-60(50)70(61)42-17-5-3-6-18-42/h3-40H,1-2H3. The van der Waals surface area contributed by atoms with E-state index in [0.717, 1.165) is 33.6 Å². The number of nitrogens with zero attached hydrogens (tertiary/aromatic N) is 4. The van der Waals surface area contributed by atoms with E-state index in [-0.39, 0.29) is 5.41 Å². The lowest BCUT2D eigenvalue weighted by Crippen LogP contribution is -2.16. The lowest BCUT2D eigenvalue weighted by Gasteiger charge is -2.24. The summed E-state index contributed by atoms with van der Waals surface area (Å²) in [7, 11) is 0. The van der Waals surface area contributed by atoms with Crippen molar-refractivity contribution in [2.45, 2.75) is 19.3 Å². The van der Waals surface area contributed by atoms with Gasteiger partial charge >= 0.3 is 0 Å². The zero-order valence-electron chi connectivity index (χ0n) is 39.7. The molecule has 0 radical (unpaired) electrons. The molecule has 4 aromatic heterocycles. The molecule has 0 bridgehead atoms. The van der Waals surface area contributed by atoms with Crippen LogP contribution in [-0.4, -0.2) is 18.7 Å². The van der Waals surface area contributed by atoms with Crippen molar-refractivity contribution in [3.8, 4) is 39.3 Å². The number of hydrogen-bond acceptors (Lipinski definition) is 1. The summed E-state index contributed by atoms with van der Waals surface area (Å²) in [5.41, 5.74) is 17.7. The minimum absolute atomic E-state index is 0.328. The Morgan fingerprint density at radius 3 is 1.67 bits per heavy atom. The fraction of sp³-hybridized carbons (Fsp3) is 0.0441. The molecule has 0 unspecified atom stereocenters. The van der Waals surface area contributed by atoms with Crippen molar-refractivity contribution in [2.24, 2.45) is 0 Å². The van der Waals surface area contributed by atoms with Gasteiger partial charge in [-0.05, 0) is 157 Å². The molecular weight excluding hydrogens is 873 g/mol. The normalized spacial score (nSPS) is 13.2. The molecule has 0 saturated carbocycles. The van der Waals surface area contributed by atoms with E-state index in [9.17, 15) is 0 Å². The van der Waals surface area contributed by atoms with Crippen LogP contribution in [0.2, 0.25) is 0 Å². The van der Waals surface area contributed by atoms with Gasteiger partial charge < -0.3 is 9.13 Å². The summed E-state index contributed by atoms with van der Waals surface area (Å²) in [6.45, 7) is 4.90. The van der Waals surface area contributed by atoms with Gasteiger partial charge in [-0.2, -0.15) is 0 Å². The number of fused-ring (bicyclic) bond motifs is 19. The molecule has 0 saturated heterocycles. The molecule has 4 heteroatoms. The molecule has 0 amide bonds. The molecule has 336 valence electrons. The maximum atomic E-state index is 4.99. The third kappa shape index (κ3) is 5.22. The molecule has 0 aliphatic heterocycles. The Bertz CT molecular complexity index is 4820. The smallest absolute Gasteiger partial charge is 0.145 e. The van der Waals surface area contributed by atoms with Crippen LogP contribution in [0.1, 0.15) is 25.0 Å². The van der Waals surface area contributed by atoms with Gasteiger partial charge in [-0.25, -0.2) is 4.98 Å². The van der Waals surface area contributed by atoms with Crippen LogP contribution in [0.3, 0.4) is 0 Å². The van der Waals surface area contributed by atoms with Crippen molar-refractivity contribution in [3.63, 3.8) is 0 Å². The van der Waals surface area contributed by atoms with E-state index < -0.39 is 0 Å². The highest BCUT2D eigenvalue weighted by atomic mass is 15.0. The predicted octanol–water partition coefficient (Wildman–Crippen LogP) is 17.8. The first-order valence-corrected chi connectivity index (χ1v) is 25.0. The van der Waals surface area contributed by atoms with Crippen LogP contribution < -0.4 is 0 Å². The van der Waals surface area contributed by atoms with Crippen LogP contribution in [0, 0.1) is 0 Å². The quantitative estimate of drug-likeness (QED) is 0.162. The summed E-state index contributed by atoms with van der Waals surface area (Å²) in [4.78, 5) is 4.99. The first-order valence-electron chi connectivity index (χ1n) is 25.0. The third-order valence-electron chi connectivity index (χ3n) is 16.2. The predicted molar refractivity (Wildman–Crippen MR) is 303 cm³/mol. The van der Waals surface area contributed by atoms with Crippen LogP contribution in [0.4, 0.5) is 0 Å². The molecule has 1 aliphatic carbocycles. The maximum Gasteiger partial charge on any atom is 0.145 e. The van der Waals surface area contributed by atoms with Crippen molar-refractivity contribution in [2.75, 3.05) is 0 Å². The average Bonchev–Trinajstić information content (AvgIpc) is 4.14. The molecule has 0 fully saturated rings. The average molecular weight is 917 g/mol. The lowest BCUT2D eigenvalue weighted by atomic mass is 9.80. The first kappa shape index (κ1) is 39.6. The molecule has 0 atom stereocenters. The van der Waals surface area contributed by atoms with Gasteiger partial charge in [0.25, 0.3) is 0 Å². The Labute approximate surface area is 414 Å². The minimum atomic E-state index is -0.328. The van der Waals surface area contributed by atoms with E-state index in [1.165, 1.54) is 115 Å². The highest BCUT2D eigenvalue weighted by Gasteiger charge is 2.39. The summed E-state index contributed by atoms with van der Waals surface area (Å²) in [5, 5.41) is 15.1. The SMILES string of the molecule is CC1(C)c2cc3c4ccccc4c4ccccc4c3cc2-c2ccc3c4cc(-c5cccc6c5c5cccnc5n6-c5ccccc5)ccc4n(-c4ccc5c(c4)c4ccccc4n5-c4ccccc4)c3c21. The van der Waals surface area contributed by atoms with Gasteiger partial charge in [-0.15, -0.1) is 0 Å². The highest BCUT2D eigenvalue weighted by molar-refractivity contribution is 6.27. The molecular formula is C68H44N4. The van der Waals surface area contributed by atoms with E-state index in [0.29, 0.717) is 0 Å². The molecule has 72 heavy (non-hydrogen) atoms. The van der Waals surface area contributed by atoms with Crippen molar-refractivity contribution >= 4 is 97.9 Å². The zero-order valence-corrected chi connectivity index (χ0v) is 39.7. The van der Waals surface area contributed by atoms with Gasteiger partial charge in [0.1, 0.15) is 5.65 Å². The van der Waals surface area contributed by atoms with E-state index in [1.54, 1.807) is 0 Å². The monoisotopic (exact) mass is 916 g/mol. The summed E-state index contributed by atoms with van der Waals surface area (Å²) in [5.74, 6) is 0. The number of aromatic nitrogens is 4. The second-order valence-corrected chi connectivity index (χ2v) is 20.2. The van der Waals surface area contributed by atoms with Crippen molar-refractivity contribution in [1.82, 2.24) is 18.7 Å². The Balaban J connectivity index is 1.000. The maximum absolute atomic E-state index is 4.99. The van der Waals surface area contributed by atoms with Crippen LogP contribution in [0.15, 0.2) is 231 Å². The summed E-state index contributed by atoms with van der Waals surface area (Å²) in [6.07, 6.45) is 1.91. The fourth-order valence-electron chi connectivity index (χ4n) is 13.2. The van der Waals surface area contributed by atoms with Crippen LogP contribution in [0.5, 0.6) is 0 Å². The van der Waals surface area contributed by atoms with Gasteiger partial charge in [0, 0.05) is 61.0 Å². The second kappa shape index (κ2) is 14.4. The van der Waals surface area contributed by atoms with E-state index in [1.807, 2.05) is 6.20 Å². The largest absolute Gasteiger partial charge is 0.309 e. The molecule has 15 aromatic rings. The summed E-state index contributed by atoms with van der Waals surface area (Å²) >= 11 is 0.